The Morgan fingerprint density at radius 3 is 2.51 bits per heavy atom. The van der Waals surface area contributed by atoms with E-state index in [2.05, 4.69) is 50.8 Å². The van der Waals surface area contributed by atoms with Crippen LogP contribution < -0.4 is 4.74 Å². The maximum Gasteiger partial charge on any atom is 0.230 e. The van der Waals surface area contributed by atoms with Gasteiger partial charge >= 0.3 is 0 Å². The molecule has 0 spiro atoms. The van der Waals surface area contributed by atoms with Gasteiger partial charge in [-0.2, -0.15) is 0 Å². The largest absolute Gasteiger partial charge is 0.493 e. The molecule has 1 aliphatic heterocycles. The molecular formula is C31H45NO4Si. The first-order chi connectivity index (χ1) is 17.8. The minimum Gasteiger partial charge on any atom is -0.493 e. The van der Waals surface area contributed by atoms with Gasteiger partial charge in [0.15, 0.2) is 8.32 Å². The van der Waals surface area contributed by atoms with E-state index in [1.165, 1.54) is 37.7 Å². The van der Waals surface area contributed by atoms with E-state index in [0.29, 0.717) is 25.7 Å². The lowest BCUT2D eigenvalue weighted by atomic mass is 9.90. The van der Waals surface area contributed by atoms with Gasteiger partial charge in [0.2, 0.25) is 5.91 Å². The first kappa shape index (κ1) is 27.9. The lowest BCUT2D eigenvalue weighted by Crippen LogP contribution is -2.44. The molecule has 0 N–H and O–H groups in total. The first-order valence-electron chi connectivity index (χ1n) is 14.2. The molecule has 2 aliphatic rings. The van der Waals surface area contributed by atoms with E-state index >= 15 is 0 Å². The van der Waals surface area contributed by atoms with E-state index in [1.807, 2.05) is 35.2 Å². The molecular weight excluding hydrogens is 478 g/mol. The summed E-state index contributed by atoms with van der Waals surface area (Å²) in [5.74, 6) is 1.37. The standard InChI is InChI=1S/C31H45NO4Si/c1-5-29(31(33)32-23-34-22-27(32)19-24-13-8-6-9-14-24)30(36-37(2,3)4)26-17-12-18-28(20-26)35-21-25-15-10-7-11-16-25/h6,8-9,12-14,17-18,20,25,27,29-30H,5,7,10-11,15-16,19,21-23H2,1-4H3/t27-,29+,30+/m1/s1. The summed E-state index contributed by atoms with van der Waals surface area (Å²) in [7, 11) is -1.95. The molecule has 0 radical (unpaired) electrons. The van der Waals surface area contributed by atoms with Crippen molar-refractivity contribution in [2.45, 2.75) is 83.7 Å². The number of carbonyl (C=O) groups excluding carboxylic acids is 1. The molecule has 202 valence electrons. The van der Waals surface area contributed by atoms with E-state index in [9.17, 15) is 4.79 Å². The Morgan fingerprint density at radius 2 is 1.81 bits per heavy atom. The summed E-state index contributed by atoms with van der Waals surface area (Å²) in [4.78, 5) is 16.0. The van der Waals surface area contributed by atoms with Crippen molar-refractivity contribution in [3.05, 3.63) is 65.7 Å². The van der Waals surface area contributed by atoms with E-state index in [4.69, 9.17) is 13.9 Å². The quantitative estimate of drug-likeness (QED) is 0.298. The summed E-state index contributed by atoms with van der Waals surface area (Å²) in [5.41, 5.74) is 2.25. The average Bonchev–Trinajstić information content (AvgIpc) is 3.36. The number of amides is 1. The smallest absolute Gasteiger partial charge is 0.230 e. The van der Waals surface area contributed by atoms with Crippen LogP contribution in [0, 0.1) is 11.8 Å². The molecule has 4 rings (SSSR count). The van der Waals surface area contributed by atoms with Crippen molar-refractivity contribution in [3.8, 4) is 5.75 Å². The van der Waals surface area contributed by atoms with Crippen LogP contribution in [0.25, 0.3) is 0 Å². The van der Waals surface area contributed by atoms with Crippen LogP contribution in [0.3, 0.4) is 0 Å². The molecule has 5 nitrogen and oxygen atoms in total. The second-order valence-corrected chi connectivity index (χ2v) is 16.2. The maximum atomic E-state index is 14.0. The molecule has 1 aliphatic carbocycles. The second kappa shape index (κ2) is 13.1. The van der Waals surface area contributed by atoms with E-state index in [1.54, 1.807) is 0 Å². The molecule has 1 amide bonds. The predicted molar refractivity (Wildman–Crippen MR) is 151 cm³/mol. The monoisotopic (exact) mass is 523 g/mol. The van der Waals surface area contributed by atoms with Crippen molar-refractivity contribution < 1.29 is 18.7 Å². The zero-order valence-electron chi connectivity index (χ0n) is 23.2. The number of hydrogen-bond acceptors (Lipinski definition) is 4. The first-order valence-corrected chi connectivity index (χ1v) is 17.6. The Hall–Kier alpha value is -2.15. The van der Waals surface area contributed by atoms with Crippen molar-refractivity contribution in [1.82, 2.24) is 4.90 Å². The van der Waals surface area contributed by atoms with Gasteiger partial charge in [-0.15, -0.1) is 0 Å². The number of benzene rings is 2. The predicted octanol–water partition coefficient (Wildman–Crippen LogP) is 6.99. The molecule has 6 heteroatoms. The lowest BCUT2D eigenvalue weighted by Gasteiger charge is -2.35. The summed E-state index contributed by atoms with van der Waals surface area (Å²) in [6.07, 6.45) is 7.69. The summed E-state index contributed by atoms with van der Waals surface area (Å²) in [6.45, 7) is 10.4. The Labute approximate surface area is 224 Å². The molecule has 37 heavy (non-hydrogen) atoms. The number of rotatable bonds is 11. The molecule has 2 aromatic rings. The zero-order valence-corrected chi connectivity index (χ0v) is 24.2. The van der Waals surface area contributed by atoms with Crippen LogP contribution in [0.5, 0.6) is 5.75 Å². The average molecular weight is 524 g/mol. The Balaban J connectivity index is 1.52. The molecule has 1 saturated heterocycles. The van der Waals surface area contributed by atoms with Crippen molar-refractivity contribution in [3.63, 3.8) is 0 Å². The van der Waals surface area contributed by atoms with Gasteiger partial charge < -0.3 is 18.8 Å². The third-order valence-electron chi connectivity index (χ3n) is 7.58. The fourth-order valence-corrected chi connectivity index (χ4v) is 6.69. The Bertz CT molecular complexity index is 986. The second-order valence-electron chi connectivity index (χ2n) is 11.7. The van der Waals surface area contributed by atoms with Crippen LogP contribution >= 0.6 is 0 Å². The molecule has 0 bridgehead atoms. The zero-order chi connectivity index (χ0) is 26.3. The maximum absolute atomic E-state index is 14.0. The number of nitrogens with zero attached hydrogens (tertiary/aromatic N) is 1. The molecule has 2 aromatic carbocycles. The molecule has 3 atom stereocenters. The Morgan fingerprint density at radius 1 is 1.05 bits per heavy atom. The van der Waals surface area contributed by atoms with Gasteiger partial charge in [-0.3, -0.25) is 4.79 Å². The fraction of sp³-hybridized carbons (Fsp3) is 0.581. The van der Waals surface area contributed by atoms with Crippen molar-refractivity contribution in [2.24, 2.45) is 11.8 Å². The highest BCUT2D eigenvalue weighted by molar-refractivity contribution is 6.69. The third-order valence-corrected chi connectivity index (χ3v) is 8.54. The Kier molecular flexibility index (Phi) is 9.85. The van der Waals surface area contributed by atoms with Crippen molar-refractivity contribution in [1.29, 1.82) is 0 Å². The molecule has 0 unspecified atom stereocenters. The van der Waals surface area contributed by atoms with Crippen LogP contribution in [-0.4, -0.2) is 45.1 Å². The molecule has 1 heterocycles. The normalized spacial score (nSPS) is 20.5. The van der Waals surface area contributed by atoms with E-state index in [0.717, 1.165) is 24.3 Å². The summed E-state index contributed by atoms with van der Waals surface area (Å²) in [6, 6.07) is 18.7. The molecule has 0 aromatic heterocycles. The summed E-state index contributed by atoms with van der Waals surface area (Å²) >= 11 is 0. The van der Waals surface area contributed by atoms with Crippen LogP contribution in [-0.2, 0) is 20.4 Å². The highest BCUT2D eigenvalue weighted by atomic mass is 28.4. The van der Waals surface area contributed by atoms with Gasteiger partial charge in [0.1, 0.15) is 12.5 Å². The summed E-state index contributed by atoms with van der Waals surface area (Å²) in [5, 5.41) is 0. The van der Waals surface area contributed by atoms with Crippen molar-refractivity contribution >= 4 is 14.2 Å². The highest BCUT2D eigenvalue weighted by Gasteiger charge is 2.39. The van der Waals surface area contributed by atoms with Crippen LogP contribution in [0.4, 0.5) is 0 Å². The van der Waals surface area contributed by atoms with Crippen LogP contribution in [0.15, 0.2) is 54.6 Å². The van der Waals surface area contributed by atoms with Crippen LogP contribution in [0.1, 0.15) is 62.7 Å². The number of ether oxygens (including phenoxy) is 2. The SMILES string of the molecule is CC[C@H](C(=O)N1COC[C@H]1Cc1ccccc1)[C@@H](O[Si](C)(C)C)c1cccc(OCC2CCCCC2)c1. The van der Waals surface area contributed by atoms with Gasteiger partial charge in [-0.05, 0) is 74.5 Å². The highest BCUT2D eigenvalue weighted by Crippen LogP contribution is 2.36. The van der Waals surface area contributed by atoms with Gasteiger partial charge in [-0.1, -0.05) is 68.7 Å². The minimum atomic E-state index is -1.95. The van der Waals surface area contributed by atoms with Gasteiger partial charge in [-0.25, -0.2) is 0 Å². The number of hydrogen-bond donors (Lipinski definition) is 0. The molecule has 2 fully saturated rings. The number of carbonyl (C=O) groups is 1. The summed E-state index contributed by atoms with van der Waals surface area (Å²) < 4.78 is 18.8. The lowest BCUT2D eigenvalue weighted by molar-refractivity contribution is -0.141. The third kappa shape index (κ3) is 7.92. The fourth-order valence-electron chi connectivity index (χ4n) is 5.63. The van der Waals surface area contributed by atoms with Crippen molar-refractivity contribution in [2.75, 3.05) is 19.9 Å². The molecule has 1 saturated carbocycles. The minimum absolute atomic E-state index is 0.0432. The topological polar surface area (TPSA) is 48.0 Å². The van der Waals surface area contributed by atoms with E-state index < -0.39 is 8.32 Å². The van der Waals surface area contributed by atoms with Crippen LogP contribution in [0.2, 0.25) is 19.6 Å². The van der Waals surface area contributed by atoms with Gasteiger partial charge in [0, 0.05) is 0 Å². The van der Waals surface area contributed by atoms with Gasteiger partial charge in [0.05, 0.1) is 31.3 Å². The van der Waals surface area contributed by atoms with E-state index in [-0.39, 0.29) is 24.0 Å². The van der Waals surface area contributed by atoms with Gasteiger partial charge in [0.25, 0.3) is 0 Å².